The monoisotopic (exact) mass is 265 g/mol. The van der Waals surface area contributed by atoms with Gasteiger partial charge < -0.3 is 9.47 Å². The Hall–Kier alpha value is -1.81. The van der Waals surface area contributed by atoms with E-state index in [4.69, 9.17) is 16.3 Å². The van der Waals surface area contributed by atoms with Crippen LogP contribution in [0.2, 0.25) is 5.02 Å². The summed E-state index contributed by atoms with van der Waals surface area (Å²) in [5.41, 5.74) is 1.86. The lowest BCUT2D eigenvalue weighted by atomic mass is 10.1. The van der Waals surface area contributed by atoms with E-state index in [2.05, 4.69) is 9.72 Å². The maximum Gasteiger partial charge on any atom is 0.337 e. The molecule has 0 unspecified atom stereocenters. The van der Waals surface area contributed by atoms with Crippen LogP contribution in [0, 0.1) is 6.92 Å². The Morgan fingerprint density at radius 1 is 1.33 bits per heavy atom. The van der Waals surface area contributed by atoms with E-state index in [9.17, 15) is 4.79 Å². The second kappa shape index (κ2) is 4.82. The van der Waals surface area contributed by atoms with E-state index in [0.717, 1.165) is 5.56 Å². The summed E-state index contributed by atoms with van der Waals surface area (Å²) in [6, 6.07) is 5.03. The lowest BCUT2D eigenvalue weighted by Gasteiger charge is -2.09. The molecule has 0 radical (unpaired) electrons. The molecule has 0 bridgehead atoms. The summed E-state index contributed by atoms with van der Waals surface area (Å²) in [4.78, 5) is 15.8. The molecule has 1 heterocycles. The Bertz CT molecular complexity index is 625. The Kier molecular flexibility index (Phi) is 3.39. The van der Waals surface area contributed by atoms with Crippen molar-refractivity contribution in [2.24, 2.45) is 0 Å². The van der Waals surface area contributed by atoms with E-state index in [1.807, 2.05) is 6.92 Å². The number of methoxy groups -OCH3 is 2. The van der Waals surface area contributed by atoms with Crippen molar-refractivity contribution in [3.8, 4) is 5.88 Å². The van der Waals surface area contributed by atoms with Crippen molar-refractivity contribution in [2.45, 2.75) is 6.92 Å². The number of esters is 1. The highest BCUT2D eigenvalue weighted by Crippen LogP contribution is 2.31. The van der Waals surface area contributed by atoms with Gasteiger partial charge in [-0.2, -0.15) is 0 Å². The van der Waals surface area contributed by atoms with Gasteiger partial charge in [-0.05, 0) is 25.1 Å². The van der Waals surface area contributed by atoms with Gasteiger partial charge in [-0.1, -0.05) is 11.6 Å². The minimum absolute atomic E-state index is 0.401. The number of pyridine rings is 1. The third-order valence-electron chi connectivity index (χ3n) is 2.72. The van der Waals surface area contributed by atoms with Crippen LogP contribution < -0.4 is 4.74 Å². The maximum atomic E-state index is 11.5. The number of nitrogens with zero attached hydrogens (tertiary/aromatic N) is 1. The van der Waals surface area contributed by atoms with Crippen LogP contribution in [0.4, 0.5) is 0 Å². The molecule has 0 amide bonds. The lowest BCUT2D eigenvalue weighted by molar-refractivity contribution is 0.0601. The van der Waals surface area contributed by atoms with Crippen LogP contribution >= 0.6 is 11.6 Å². The Morgan fingerprint density at radius 2 is 2.06 bits per heavy atom. The summed E-state index contributed by atoms with van der Waals surface area (Å²) >= 11 is 6.26. The van der Waals surface area contributed by atoms with Gasteiger partial charge in [-0.15, -0.1) is 0 Å². The fraction of sp³-hybridized carbons (Fsp3) is 0.231. The van der Waals surface area contributed by atoms with E-state index in [1.165, 1.54) is 7.11 Å². The second-order valence-electron chi connectivity index (χ2n) is 3.78. The van der Waals surface area contributed by atoms with Crippen molar-refractivity contribution in [1.29, 1.82) is 0 Å². The zero-order chi connectivity index (χ0) is 13.3. The SMILES string of the molecule is COC(=O)c1ccc2nc(OC)c(C)c(Cl)c2c1. The van der Waals surface area contributed by atoms with Crippen LogP contribution in [0.3, 0.4) is 0 Å². The molecule has 5 heteroatoms. The minimum atomic E-state index is -0.401. The van der Waals surface area contributed by atoms with Crippen LogP contribution in [0.5, 0.6) is 5.88 Å². The van der Waals surface area contributed by atoms with Gasteiger partial charge in [0.2, 0.25) is 5.88 Å². The second-order valence-corrected chi connectivity index (χ2v) is 4.16. The average Bonchev–Trinajstić information content (AvgIpc) is 2.41. The number of halogens is 1. The zero-order valence-electron chi connectivity index (χ0n) is 10.3. The first-order chi connectivity index (χ1) is 8.58. The summed E-state index contributed by atoms with van der Waals surface area (Å²) < 4.78 is 9.82. The summed E-state index contributed by atoms with van der Waals surface area (Å²) in [5, 5.41) is 1.24. The number of hydrogen-bond acceptors (Lipinski definition) is 4. The van der Waals surface area contributed by atoms with Gasteiger partial charge >= 0.3 is 5.97 Å². The van der Waals surface area contributed by atoms with Gasteiger partial charge in [-0.3, -0.25) is 0 Å². The van der Waals surface area contributed by atoms with Gasteiger partial charge in [0.05, 0.1) is 30.3 Å². The highest BCUT2D eigenvalue weighted by molar-refractivity contribution is 6.36. The fourth-order valence-corrected chi connectivity index (χ4v) is 1.97. The fourth-order valence-electron chi connectivity index (χ4n) is 1.74. The molecule has 0 aliphatic carbocycles. The minimum Gasteiger partial charge on any atom is -0.481 e. The molecule has 0 spiro atoms. The van der Waals surface area contributed by atoms with Crippen LogP contribution in [0.15, 0.2) is 18.2 Å². The quantitative estimate of drug-likeness (QED) is 0.783. The van der Waals surface area contributed by atoms with Crippen LogP contribution in [-0.4, -0.2) is 25.2 Å². The average molecular weight is 266 g/mol. The molecule has 18 heavy (non-hydrogen) atoms. The van der Waals surface area contributed by atoms with E-state index in [0.29, 0.717) is 27.4 Å². The van der Waals surface area contributed by atoms with Crippen molar-refractivity contribution < 1.29 is 14.3 Å². The van der Waals surface area contributed by atoms with Gasteiger partial charge in [0.15, 0.2) is 0 Å². The van der Waals surface area contributed by atoms with Crippen molar-refractivity contribution in [1.82, 2.24) is 4.98 Å². The van der Waals surface area contributed by atoms with Crippen molar-refractivity contribution in [2.75, 3.05) is 14.2 Å². The number of ether oxygens (including phenoxy) is 2. The third-order valence-corrected chi connectivity index (χ3v) is 3.21. The summed E-state index contributed by atoms with van der Waals surface area (Å²) in [6.07, 6.45) is 0. The molecule has 0 atom stereocenters. The first kappa shape index (κ1) is 12.6. The predicted octanol–water partition coefficient (Wildman–Crippen LogP) is 2.99. The van der Waals surface area contributed by atoms with E-state index >= 15 is 0 Å². The summed E-state index contributed by atoms with van der Waals surface area (Å²) in [5.74, 6) is 0.0831. The number of benzene rings is 1. The predicted molar refractivity (Wildman–Crippen MR) is 69.4 cm³/mol. The smallest absolute Gasteiger partial charge is 0.337 e. The number of hydrogen-bond donors (Lipinski definition) is 0. The molecule has 0 saturated carbocycles. The standard InChI is InChI=1S/C13H12ClNO3/c1-7-11(14)9-6-8(13(16)18-3)4-5-10(9)15-12(7)17-2/h4-6H,1-3H3. The molecule has 1 aromatic carbocycles. The third kappa shape index (κ3) is 1.99. The molecule has 0 aliphatic heterocycles. The molecule has 0 saturated heterocycles. The van der Waals surface area contributed by atoms with Crippen molar-refractivity contribution in [3.63, 3.8) is 0 Å². The van der Waals surface area contributed by atoms with E-state index < -0.39 is 5.97 Å². The van der Waals surface area contributed by atoms with Gasteiger partial charge in [0.25, 0.3) is 0 Å². The Morgan fingerprint density at radius 3 is 2.67 bits per heavy atom. The molecular weight excluding hydrogens is 254 g/mol. The topological polar surface area (TPSA) is 48.4 Å². The Labute approximate surface area is 109 Å². The number of carbonyl (C=O) groups is 1. The number of rotatable bonds is 2. The van der Waals surface area contributed by atoms with Gasteiger partial charge in [-0.25, -0.2) is 9.78 Å². The zero-order valence-corrected chi connectivity index (χ0v) is 11.0. The normalized spacial score (nSPS) is 10.4. The van der Waals surface area contributed by atoms with Gasteiger partial charge in [0.1, 0.15) is 0 Å². The highest BCUT2D eigenvalue weighted by Gasteiger charge is 2.13. The molecule has 0 N–H and O–H groups in total. The van der Waals surface area contributed by atoms with Crippen LogP contribution in [0.1, 0.15) is 15.9 Å². The number of fused-ring (bicyclic) bond motifs is 1. The molecular formula is C13H12ClNO3. The van der Waals surface area contributed by atoms with Gasteiger partial charge in [0, 0.05) is 10.9 Å². The van der Waals surface area contributed by atoms with Crippen molar-refractivity contribution >= 4 is 28.5 Å². The van der Waals surface area contributed by atoms with E-state index in [-0.39, 0.29) is 0 Å². The molecule has 94 valence electrons. The van der Waals surface area contributed by atoms with Crippen LogP contribution in [0.25, 0.3) is 10.9 Å². The largest absolute Gasteiger partial charge is 0.481 e. The first-order valence-electron chi connectivity index (χ1n) is 5.30. The first-order valence-corrected chi connectivity index (χ1v) is 5.68. The molecule has 4 nitrogen and oxygen atoms in total. The molecule has 0 fully saturated rings. The Balaban J connectivity index is 2.70. The highest BCUT2D eigenvalue weighted by atomic mass is 35.5. The summed E-state index contributed by atoms with van der Waals surface area (Å²) in [7, 11) is 2.88. The van der Waals surface area contributed by atoms with Crippen molar-refractivity contribution in [3.05, 3.63) is 34.3 Å². The number of aromatic nitrogens is 1. The molecule has 2 rings (SSSR count). The van der Waals surface area contributed by atoms with Crippen LogP contribution in [-0.2, 0) is 4.74 Å². The lowest BCUT2D eigenvalue weighted by Crippen LogP contribution is -2.01. The van der Waals surface area contributed by atoms with E-state index in [1.54, 1.807) is 25.3 Å². The summed E-state index contributed by atoms with van der Waals surface area (Å²) in [6.45, 7) is 1.82. The number of carbonyl (C=O) groups excluding carboxylic acids is 1. The molecule has 2 aromatic rings. The molecule has 0 aliphatic rings. The molecule has 1 aromatic heterocycles. The maximum absolute atomic E-state index is 11.5.